The fourth-order valence-electron chi connectivity index (χ4n) is 17.3. The van der Waals surface area contributed by atoms with Crippen molar-refractivity contribution < 1.29 is 33.1 Å². The first-order valence-electron chi connectivity index (χ1n) is 43.2. The number of aryl methyl sites for hydroxylation is 7. The number of rotatable bonds is 17. The smallest absolute Gasteiger partial charge is 0.227 e. The number of benzene rings is 12. The Morgan fingerprint density at radius 3 is 0.885 bits per heavy atom. The van der Waals surface area contributed by atoms with Crippen molar-refractivity contribution in [2.24, 2.45) is 0 Å². The Morgan fingerprint density at radius 2 is 0.592 bits per heavy atom. The zero-order chi connectivity index (χ0) is 92.9. The van der Waals surface area contributed by atoms with Gasteiger partial charge in [-0.05, 0) is 260 Å². The molecule has 4 aliphatic rings. The van der Waals surface area contributed by atoms with E-state index in [-0.39, 0.29) is 71.4 Å². The largest absolute Gasteiger partial charge is 0.506 e. The van der Waals surface area contributed by atoms with Crippen molar-refractivity contribution in [1.82, 2.24) is 19.6 Å². The summed E-state index contributed by atoms with van der Waals surface area (Å²) in [5.74, 6) is -1.68. The van der Waals surface area contributed by atoms with Crippen LogP contribution >= 0.6 is 104 Å². The normalized spacial score (nSPS) is 16.2. The van der Waals surface area contributed by atoms with Gasteiger partial charge in [-0.25, -0.2) is 8.78 Å². The van der Waals surface area contributed by atoms with Crippen LogP contribution in [0.5, 0.6) is 5.75 Å². The topological polar surface area (TPSA) is 118 Å². The minimum Gasteiger partial charge on any atom is -0.506 e. The number of carbonyl (C=O) groups excluding carboxylic acids is 4. The van der Waals surface area contributed by atoms with Crippen LogP contribution in [0.2, 0.25) is 45.2 Å². The predicted octanol–water partition coefficient (Wildman–Crippen LogP) is 25.4. The maximum atomic E-state index is 13.6. The number of nitrogens with zero attached hydrogens (tertiary/aromatic N) is 9. The Hall–Kier alpha value is -10.2. The molecular weight excluding hydrogens is 1820 g/mol. The van der Waals surface area contributed by atoms with Gasteiger partial charge in [0, 0.05) is 118 Å². The van der Waals surface area contributed by atoms with Crippen LogP contribution in [0.3, 0.4) is 0 Å². The fourth-order valence-corrected chi connectivity index (χ4v) is 19.4. The van der Waals surface area contributed by atoms with Crippen LogP contribution in [0.1, 0.15) is 108 Å². The Morgan fingerprint density at radius 1 is 0.308 bits per heavy atom. The zero-order valence-corrected chi connectivity index (χ0v) is 80.8. The van der Waals surface area contributed by atoms with Crippen LogP contribution < -0.4 is 24.5 Å². The van der Waals surface area contributed by atoms with Crippen molar-refractivity contribution in [2.45, 2.75) is 98.3 Å². The highest BCUT2D eigenvalue weighted by Gasteiger charge is 2.38. The summed E-state index contributed by atoms with van der Waals surface area (Å²) in [5, 5.41) is 15.4. The van der Waals surface area contributed by atoms with Crippen molar-refractivity contribution in [3.05, 3.63) is 383 Å². The third-order valence-corrected chi connectivity index (χ3v) is 26.8. The fraction of sp³-hybridized carbons (Fsp3) is 0.276. The molecule has 4 fully saturated rings. The molecule has 4 aliphatic heterocycles. The number of aromatic hydroxyl groups is 1. The van der Waals surface area contributed by atoms with E-state index >= 15 is 0 Å². The van der Waals surface area contributed by atoms with Crippen LogP contribution in [0.4, 0.5) is 37.2 Å². The highest BCUT2D eigenvalue weighted by Crippen LogP contribution is 2.43. The summed E-state index contributed by atoms with van der Waals surface area (Å²) in [6.45, 7) is 21.6. The van der Waals surface area contributed by atoms with E-state index in [1.807, 2.05) is 214 Å². The molecule has 12 aromatic rings. The van der Waals surface area contributed by atoms with Gasteiger partial charge in [0.1, 0.15) is 5.75 Å². The summed E-state index contributed by atoms with van der Waals surface area (Å²) in [7, 11) is 4.02. The third-order valence-electron chi connectivity index (χ3n) is 24.3. The van der Waals surface area contributed by atoms with E-state index in [1.165, 1.54) is 28.8 Å². The molecule has 0 aliphatic carbocycles. The molecule has 4 saturated heterocycles. The molecule has 0 saturated carbocycles. The number of amides is 4. The number of phenolic OH excluding ortho intramolecular Hbond substituents is 1. The van der Waals surface area contributed by atoms with Gasteiger partial charge in [-0.15, -0.1) is 0 Å². The Bertz CT molecular complexity index is 5820. The molecule has 676 valence electrons. The summed E-state index contributed by atoms with van der Waals surface area (Å²) < 4.78 is 26.8. The molecule has 0 bridgehead atoms. The monoisotopic (exact) mass is 1920 g/mol. The Kier molecular flexibility index (Phi) is 33.2. The van der Waals surface area contributed by atoms with Crippen LogP contribution in [-0.2, 0) is 44.9 Å². The lowest BCUT2D eigenvalue weighted by molar-refractivity contribution is -0.132. The van der Waals surface area contributed by atoms with Gasteiger partial charge in [0.15, 0.2) is 11.6 Å². The minimum atomic E-state index is -0.951. The SMILES string of the molecule is Cc1cc(C)c(CC(=O)N2CCN(c3ccc(C)cc3Cl)C(c3ccc(Cl)cc3)C2)c(C)c1.Cc1ccc(N2CCN(C(=O)Cc3ccc(F)c(F)c3)CC2c2ccc(Cl)cc2)c(Cl)c1.Cc1ccc(N2CCN(C(=O)Cc3ccc(N(C)C)cc3)CC2c2ccc(Cl)cc2)c(Cl)c1.Cc1ccc(N2CCN(C(=O)Cc3ccc(O)c(Cl)c3)CC2c2ccc(Cl)cc2)c(Cl)c1. The predicted molar refractivity (Wildman–Crippen MR) is 533 cm³/mol. The first kappa shape index (κ1) is 97.3. The van der Waals surface area contributed by atoms with Crippen molar-refractivity contribution >= 4 is 156 Å². The van der Waals surface area contributed by atoms with E-state index in [0.717, 1.165) is 112 Å². The summed E-state index contributed by atoms with van der Waals surface area (Å²) >= 11 is 57.0. The van der Waals surface area contributed by atoms with Gasteiger partial charge >= 0.3 is 0 Å². The summed E-state index contributed by atoms with van der Waals surface area (Å²) in [5.41, 5.74) is 20.7. The number of carbonyl (C=O) groups is 4. The summed E-state index contributed by atoms with van der Waals surface area (Å²) in [6.07, 6.45) is 1.05. The second-order valence-electron chi connectivity index (χ2n) is 33.9. The van der Waals surface area contributed by atoms with E-state index in [0.29, 0.717) is 127 Å². The molecular formula is C105H104Cl9F2N9O5. The molecule has 25 heteroatoms. The minimum absolute atomic E-state index is 0.000356. The first-order chi connectivity index (χ1) is 62.2. The summed E-state index contributed by atoms with van der Waals surface area (Å²) in [4.78, 5) is 71.5. The lowest BCUT2D eigenvalue weighted by atomic mass is 9.96. The van der Waals surface area contributed by atoms with Crippen LogP contribution in [-0.4, -0.2) is 141 Å². The standard InChI is InChI=1S/C28H30Cl2N2O.C27H29Cl2N3O.C25H23Cl3N2O2.C25H22Cl2F2N2O/c1-18-5-10-26(25(30)15-18)32-12-11-31(17-27(32)22-6-8-23(29)9-7-22)28(33)16-24-20(3)13-19(2)14-21(24)4;1-19-4-13-25(24(29)16-19)32-15-14-31(18-26(32)21-7-9-22(28)10-8-21)27(33)17-20-5-11-23(12-6-20)30(2)3;1-16-2-8-22(20(27)12-16)30-11-10-29(15-23(30)18-4-6-19(26)7-5-18)25(32)14-17-3-9-24(31)21(28)13-17;1-16-2-9-23(20(27)12-16)31-11-10-30(15-24(31)18-4-6-19(26)7-5-18)25(32)14-17-3-8-21(28)22(29)13-17/h5-10,13-15,27H,11-12,16-17H2,1-4H3;4-13,16,26H,14-15,17-18H2,1-3H3;2-9,12-13,23,31H,10-11,14-15H2,1H3;2-9,12-13,24H,10-11,14-15H2,1H3. The van der Waals surface area contributed by atoms with Crippen LogP contribution in [0, 0.1) is 60.1 Å². The average molecular weight is 1930 g/mol. The van der Waals surface area contributed by atoms with Crippen LogP contribution in [0.15, 0.2) is 243 Å². The highest BCUT2D eigenvalue weighted by atomic mass is 35.5. The molecule has 0 spiro atoms. The Labute approximate surface area is 806 Å². The van der Waals surface area contributed by atoms with Gasteiger partial charge in [0.05, 0.1) is 97.7 Å². The van der Waals surface area contributed by atoms with Crippen molar-refractivity contribution in [1.29, 1.82) is 0 Å². The molecule has 12 aromatic carbocycles. The van der Waals surface area contributed by atoms with Gasteiger partial charge < -0.3 is 49.2 Å². The van der Waals surface area contributed by atoms with Gasteiger partial charge in [0.2, 0.25) is 23.6 Å². The van der Waals surface area contributed by atoms with E-state index < -0.39 is 11.6 Å². The molecule has 4 amide bonds. The van der Waals surface area contributed by atoms with Gasteiger partial charge in [0.25, 0.3) is 0 Å². The van der Waals surface area contributed by atoms with Crippen LogP contribution in [0.25, 0.3) is 0 Å². The number of phenols is 1. The highest BCUT2D eigenvalue weighted by molar-refractivity contribution is 6.35. The first-order valence-corrected chi connectivity index (χ1v) is 46.6. The lowest BCUT2D eigenvalue weighted by Crippen LogP contribution is -2.51. The quantitative estimate of drug-likeness (QED) is 0.0944. The molecule has 16 rings (SSSR count). The van der Waals surface area contributed by atoms with E-state index in [2.05, 4.69) is 93.8 Å². The maximum Gasteiger partial charge on any atom is 0.227 e. The molecule has 4 unspecified atom stereocenters. The third kappa shape index (κ3) is 24.9. The molecule has 0 aromatic heterocycles. The number of hydrogen-bond acceptors (Lipinski definition) is 10. The van der Waals surface area contributed by atoms with Crippen molar-refractivity contribution in [3.63, 3.8) is 0 Å². The summed E-state index contributed by atoms with van der Waals surface area (Å²) in [6, 6.07) is 76.1. The molecule has 4 heterocycles. The molecule has 1 N–H and O–H groups in total. The average Bonchev–Trinajstić information content (AvgIpc) is 0.795. The molecule has 4 atom stereocenters. The molecule has 14 nitrogen and oxygen atoms in total. The van der Waals surface area contributed by atoms with Gasteiger partial charge in [-0.3, -0.25) is 19.2 Å². The van der Waals surface area contributed by atoms with E-state index in [4.69, 9.17) is 104 Å². The second-order valence-corrected chi connectivity index (χ2v) is 37.7. The zero-order valence-electron chi connectivity index (χ0n) is 74.0. The number of hydrogen-bond donors (Lipinski definition) is 1. The van der Waals surface area contributed by atoms with E-state index in [9.17, 15) is 33.1 Å². The number of piperazine rings is 4. The maximum absolute atomic E-state index is 13.6. The number of halogens is 11. The molecule has 0 radical (unpaired) electrons. The van der Waals surface area contributed by atoms with Gasteiger partial charge in [-0.2, -0.15) is 0 Å². The Balaban J connectivity index is 0.000000148. The van der Waals surface area contributed by atoms with Gasteiger partial charge in [-0.1, -0.05) is 219 Å². The number of anilines is 5. The second kappa shape index (κ2) is 44.3. The lowest BCUT2D eigenvalue weighted by Gasteiger charge is -2.43. The van der Waals surface area contributed by atoms with Crippen molar-refractivity contribution in [2.75, 3.05) is 117 Å². The van der Waals surface area contributed by atoms with E-state index in [1.54, 1.807) is 17.0 Å². The molecule has 130 heavy (non-hydrogen) atoms. The van der Waals surface area contributed by atoms with Crippen molar-refractivity contribution in [3.8, 4) is 5.75 Å².